The normalized spacial score (nSPS) is 15.2. The van der Waals surface area contributed by atoms with Crippen molar-refractivity contribution in [1.29, 1.82) is 0 Å². The van der Waals surface area contributed by atoms with Gasteiger partial charge in [-0.2, -0.15) is 0 Å². The molecule has 0 spiro atoms. The number of aliphatic hydroxyl groups is 2. The van der Waals surface area contributed by atoms with Crippen LogP contribution in [0.15, 0.2) is 66.7 Å². The first-order valence-electron chi connectivity index (χ1n) is 13.1. The first kappa shape index (κ1) is 31.7. The number of allylic oxidation sites excluding steroid dienone is 4. The molecule has 0 amide bonds. The summed E-state index contributed by atoms with van der Waals surface area (Å²) < 4.78 is 41.7. The molecule has 0 unspecified atom stereocenters. The number of aliphatic hydroxyl groups excluding tert-OH is 2. The third-order valence-electron chi connectivity index (χ3n) is 6.44. The summed E-state index contributed by atoms with van der Waals surface area (Å²) in [6.45, 7) is 5.53. The van der Waals surface area contributed by atoms with Crippen molar-refractivity contribution in [2.45, 2.75) is 51.7 Å². The highest BCUT2D eigenvalue weighted by molar-refractivity contribution is 7.92. The molecule has 0 fully saturated rings. The number of sulfonamides is 1. The monoisotopic (exact) mass is 585 g/mol. The quantitative estimate of drug-likeness (QED) is 0.350. The SMILES string of the molecule is Cc1c(N(C2=CC=CC=CN2C)S(C)(=O)=O)nc(C(C)C)c(/C=C/[C@@H](O)C[C@@H](O)CC(=O)O)c1-c1ccc(F)cc1. The summed E-state index contributed by atoms with van der Waals surface area (Å²) in [5.74, 6) is -1.30. The number of hydrogen-bond donors (Lipinski definition) is 3. The fourth-order valence-electron chi connectivity index (χ4n) is 4.57. The Kier molecular flexibility index (Phi) is 10.2. The number of rotatable bonds is 11. The van der Waals surface area contributed by atoms with E-state index >= 15 is 0 Å². The minimum atomic E-state index is -3.90. The van der Waals surface area contributed by atoms with Crippen LogP contribution < -0.4 is 4.31 Å². The van der Waals surface area contributed by atoms with E-state index in [2.05, 4.69) is 0 Å². The van der Waals surface area contributed by atoms with Crippen molar-refractivity contribution in [1.82, 2.24) is 9.88 Å². The summed E-state index contributed by atoms with van der Waals surface area (Å²) in [7, 11) is -2.17. The number of halogens is 1. The van der Waals surface area contributed by atoms with Crippen LogP contribution >= 0.6 is 0 Å². The van der Waals surface area contributed by atoms with Crippen molar-refractivity contribution in [2.24, 2.45) is 0 Å². The topological polar surface area (TPSA) is 131 Å². The van der Waals surface area contributed by atoms with Crippen LogP contribution in [-0.4, -0.2) is 65.1 Å². The Bertz CT molecular complexity index is 1500. The zero-order valence-corrected chi connectivity index (χ0v) is 24.5. The number of aromatic nitrogens is 1. The lowest BCUT2D eigenvalue weighted by Crippen LogP contribution is -2.36. The summed E-state index contributed by atoms with van der Waals surface area (Å²) in [4.78, 5) is 17.4. The fourth-order valence-corrected chi connectivity index (χ4v) is 5.59. The van der Waals surface area contributed by atoms with Crippen molar-refractivity contribution >= 4 is 27.9 Å². The summed E-state index contributed by atoms with van der Waals surface area (Å²) in [6, 6.07) is 5.78. The van der Waals surface area contributed by atoms with Gasteiger partial charge >= 0.3 is 5.97 Å². The number of pyridine rings is 1. The molecule has 2 atom stereocenters. The molecule has 11 heteroatoms. The molecule has 1 aromatic heterocycles. The van der Waals surface area contributed by atoms with Gasteiger partial charge in [0, 0.05) is 30.8 Å². The van der Waals surface area contributed by atoms with Crippen LogP contribution in [0.2, 0.25) is 0 Å². The lowest BCUT2D eigenvalue weighted by atomic mass is 9.90. The number of carboxylic acid groups (broad SMARTS) is 1. The highest BCUT2D eigenvalue weighted by Gasteiger charge is 2.30. The lowest BCUT2D eigenvalue weighted by Gasteiger charge is -2.32. The second kappa shape index (κ2) is 13.2. The van der Waals surface area contributed by atoms with Gasteiger partial charge in [-0.1, -0.05) is 50.3 Å². The van der Waals surface area contributed by atoms with Crippen LogP contribution in [0.3, 0.4) is 0 Å². The van der Waals surface area contributed by atoms with Gasteiger partial charge in [0.2, 0.25) is 10.0 Å². The highest BCUT2D eigenvalue weighted by atomic mass is 32.2. The standard InChI is InChI=1S/C30H36FN3O6S/c1-19(2)29-25(15-14-23(35)17-24(36)18-27(37)38)28(21-10-12-22(31)13-11-21)20(3)30(32-29)34(41(5,39)40)26-9-7-6-8-16-33(26)4/h6-16,19,23-24,35-36H,17-18H2,1-5H3,(H,37,38)/b15-14+/t23-,24-/m1/s1. The summed E-state index contributed by atoms with van der Waals surface area (Å²) in [5.41, 5.74) is 2.79. The van der Waals surface area contributed by atoms with E-state index in [0.29, 0.717) is 33.8 Å². The summed E-state index contributed by atoms with van der Waals surface area (Å²) >= 11 is 0. The van der Waals surface area contributed by atoms with E-state index in [0.717, 1.165) is 6.26 Å². The molecule has 3 N–H and O–H groups in total. The van der Waals surface area contributed by atoms with Crippen LogP contribution in [0, 0.1) is 12.7 Å². The van der Waals surface area contributed by atoms with Gasteiger partial charge in [0.1, 0.15) is 11.6 Å². The van der Waals surface area contributed by atoms with Crippen LogP contribution in [0.1, 0.15) is 49.4 Å². The Balaban J connectivity index is 2.31. The molecule has 0 radical (unpaired) electrons. The van der Waals surface area contributed by atoms with Gasteiger partial charge in [0.05, 0.1) is 30.6 Å². The number of hydrogen-bond acceptors (Lipinski definition) is 7. The minimum Gasteiger partial charge on any atom is -0.481 e. The number of carboxylic acids is 1. The Morgan fingerprint density at radius 3 is 2.39 bits per heavy atom. The van der Waals surface area contributed by atoms with Gasteiger partial charge in [-0.3, -0.25) is 4.79 Å². The van der Waals surface area contributed by atoms with E-state index in [1.54, 1.807) is 67.6 Å². The van der Waals surface area contributed by atoms with Gasteiger partial charge in [0.25, 0.3) is 0 Å². The largest absolute Gasteiger partial charge is 0.481 e. The molecule has 1 aromatic carbocycles. The van der Waals surface area contributed by atoms with Gasteiger partial charge in [-0.05, 0) is 48.3 Å². The summed E-state index contributed by atoms with van der Waals surface area (Å²) in [5, 5.41) is 29.4. The second-order valence-corrected chi connectivity index (χ2v) is 12.0. The maximum Gasteiger partial charge on any atom is 0.305 e. The molecule has 41 heavy (non-hydrogen) atoms. The Morgan fingerprint density at radius 1 is 1.15 bits per heavy atom. The van der Waals surface area contributed by atoms with Crippen molar-refractivity contribution in [3.63, 3.8) is 0 Å². The van der Waals surface area contributed by atoms with Gasteiger partial charge in [-0.25, -0.2) is 22.1 Å². The first-order chi connectivity index (χ1) is 19.2. The smallest absolute Gasteiger partial charge is 0.305 e. The Hall–Kier alpha value is -3.80. The molecule has 2 aromatic rings. The van der Waals surface area contributed by atoms with Gasteiger partial charge < -0.3 is 20.2 Å². The molecule has 220 valence electrons. The van der Waals surface area contributed by atoms with E-state index in [-0.39, 0.29) is 18.2 Å². The number of aliphatic carboxylic acids is 1. The predicted molar refractivity (Wildman–Crippen MR) is 158 cm³/mol. The molecule has 3 rings (SSSR count). The number of anilines is 1. The van der Waals surface area contributed by atoms with E-state index in [1.807, 2.05) is 13.8 Å². The second-order valence-electron chi connectivity index (χ2n) is 10.2. The van der Waals surface area contributed by atoms with Crippen LogP contribution in [-0.2, 0) is 14.8 Å². The molecular weight excluding hydrogens is 549 g/mol. The molecule has 1 aliphatic heterocycles. The average Bonchev–Trinajstić information content (AvgIpc) is 3.07. The van der Waals surface area contributed by atoms with Crippen LogP contribution in [0.5, 0.6) is 0 Å². The van der Waals surface area contributed by atoms with E-state index in [1.165, 1.54) is 22.5 Å². The third kappa shape index (κ3) is 7.90. The number of benzene rings is 1. The van der Waals surface area contributed by atoms with Gasteiger partial charge in [0.15, 0.2) is 5.82 Å². The predicted octanol–water partition coefficient (Wildman–Crippen LogP) is 4.54. The summed E-state index contributed by atoms with van der Waals surface area (Å²) in [6.07, 6.45) is 9.73. The van der Waals surface area contributed by atoms with Crippen LogP contribution in [0.4, 0.5) is 10.2 Å². The minimum absolute atomic E-state index is 0.173. The number of carbonyl (C=O) groups is 1. The molecule has 9 nitrogen and oxygen atoms in total. The molecule has 0 saturated heterocycles. The lowest BCUT2D eigenvalue weighted by molar-refractivity contribution is -0.139. The molecule has 0 aliphatic carbocycles. The fraction of sp³-hybridized carbons (Fsp3) is 0.333. The molecule has 0 saturated carbocycles. The molecule has 0 bridgehead atoms. The maximum atomic E-state index is 13.9. The van der Waals surface area contributed by atoms with Gasteiger partial charge in [-0.15, -0.1) is 0 Å². The van der Waals surface area contributed by atoms with Crippen molar-refractivity contribution in [2.75, 3.05) is 17.6 Å². The highest BCUT2D eigenvalue weighted by Crippen LogP contribution is 2.40. The van der Waals surface area contributed by atoms with E-state index in [9.17, 15) is 27.8 Å². The third-order valence-corrected chi connectivity index (χ3v) is 7.46. The first-order valence-corrected chi connectivity index (χ1v) is 14.9. The zero-order valence-electron chi connectivity index (χ0n) is 23.7. The molecule has 1 aliphatic rings. The van der Waals surface area contributed by atoms with Crippen molar-refractivity contribution < 1.29 is 32.9 Å². The zero-order chi connectivity index (χ0) is 30.5. The Morgan fingerprint density at radius 2 is 1.80 bits per heavy atom. The Labute approximate surface area is 240 Å². The van der Waals surface area contributed by atoms with Crippen molar-refractivity contribution in [3.8, 4) is 11.1 Å². The average molecular weight is 586 g/mol. The van der Waals surface area contributed by atoms with Crippen molar-refractivity contribution in [3.05, 3.63) is 89.3 Å². The molecular formula is C30H36FN3O6S. The molecule has 2 heterocycles. The van der Waals surface area contributed by atoms with E-state index in [4.69, 9.17) is 10.1 Å². The van der Waals surface area contributed by atoms with Crippen LogP contribution in [0.25, 0.3) is 17.2 Å². The number of nitrogens with zero attached hydrogens (tertiary/aromatic N) is 3. The van der Waals surface area contributed by atoms with E-state index < -0.39 is 40.4 Å². The maximum absolute atomic E-state index is 13.9.